The van der Waals surface area contributed by atoms with E-state index in [1.54, 1.807) is 0 Å². The average Bonchev–Trinajstić information content (AvgIpc) is 2.22. The number of hydrogen-bond acceptors (Lipinski definition) is 2. The lowest BCUT2D eigenvalue weighted by Crippen LogP contribution is -2.42. The first-order valence-corrected chi connectivity index (χ1v) is 5.55. The van der Waals surface area contributed by atoms with Gasteiger partial charge in [0.15, 0.2) is 0 Å². The third kappa shape index (κ3) is 2.66. The molecule has 0 amide bonds. The number of rotatable bonds is 2. The SMILES string of the molecule is CC1=NCCNC1Cc1cccc(C)c1. The van der Waals surface area contributed by atoms with Crippen molar-refractivity contribution in [2.24, 2.45) is 4.99 Å². The van der Waals surface area contributed by atoms with E-state index in [0.717, 1.165) is 19.5 Å². The van der Waals surface area contributed by atoms with Crippen molar-refractivity contribution in [2.45, 2.75) is 26.3 Å². The second-order valence-electron chi connectivity index (χ2n) is 4.22. The second-order valence-corrected chi connectivity index (χ2v) is 4.22. The lowest BCUT2D eigenvalue weighted by molar-refractivity contribution is 0.592. The molecule has 0 aromatic heterocycles. The number of benzene rings is 1. The number of hydrogen-bond donors (Lipinski definition) is 1. The van der Waals surface area contributed by atoms with Crippen LogP contribution in [0.2, 0.25) is 0 Å². The van der Waals surface area contributed by atoms with Gasteiger partial charge in [-0.2, -0.15) is 0 Å². The molecule has 15 heavy (non-hydrogen) atoms. The van der Waals surface area contributed by atoms with Gasteiger partial charge in [-0.25, -0.2) is 0 Å². The van der Waals surface area contributed by atoms with E-state index in [-0.39, 0.29) is 0 Å². The van der Waals surface area contributed by atoms with Crippen molar-refractivity contribution in [3.8, 4) is 0 Å². The molecule has 2 rings (SSSR count). The minimum absolute atomic E-state index is 0.431. The van der Waals surface area contributed by atoms with Crippen molar-refractivity contribution in [2.75, 3.05) is 13.1 Å². The zero-order valence-electron chi connectivity index (χ0n) is 9.46. The predicted octanol–water partition coefficient (Wildman–Crippen LogP) is 1.97. The van der Waals surface area contributed by atoms with Crippen LogP contribution in [0.1, 0.15) is 18.1 Å². The summed E-state index contributed by atoms with van der Waals surface area (Å²) in [5, 5.41) is 3.51. The second kappa shape index (κ2) is 4.58. The van der Waals surface area contributed by atoms with E-state index in [9.17, 15) is 0 Å². The van der Waals surface area contributed by atoms with Crippen LogP contribution < -0.4 is 5.32 Å². The summed E-state index contributed by atoms with van der Waals surface area (Å²) in [5.74, 6) is 0. The fraction of sp³-hybridized carbons (Fsp3) is 0.462. The molecule has 0 radical (unpaired) electrons. The summed E-state index contributed by atoms with van der Waals surface area (Å²) in [4.78, 5) is 4.48. The molecule has 1 N–H and O–H groups in total. The molecule has 2 nitrogen and oxygen atoms in total. The highest BCUT2D eigenvalue weighted by molar-refractivity contribution is 5.88. The zero-order valence-corrected chi connectivity index (χ0v) is 9.46. The summed E-state index contributed by atoms with van der Waals surface area (Å²) in [6, 6.07) is 9.14. The normalized spacial score (nSPS) is 21.2. The standard InChI is InChI=1S/C13H18N2/c1-10-4-3-5-12(8-10)9-13-11(2)14-6-7-15-13/h3-5,8,13,15H,6-7,9H2,1-2H3. The van der Waals surface area contributed by atoms with Crippen LogP contribution in [0.4, 0.5) is 0 Å². The van der Waals surface area contributed by atoms with Crippen molar-refractivity contribution >= 4 is 5.71 Å². The average molecular weight is 202 g/mol. The summed E-state index contributed by atoms with van der Waals surface area (Å²) in [5.41, 5.74) is 3.96. The van der Waals surface area contributed by atoms with Gasteiger partial charge < -0.3 is 5.32 Å². The highest BCUT2D eigenvalue weighted by Crippen LogP contribution is 2.09. The van der Waals surface area contributed by atoms with Gasteiger partial charge in [0, 0.05) is 18.3 Å². The third-order valence-electron chi connectivity index (χ3n) is 2.89. The van der Waals surface area contributed by atoms with E-state index < -0.39 is 0 Å². The van der Waals surface area contributed by atoms with E-state index in [2.05, 4.69) is 48.4 Å². The number of aryl methyl sites for hydroxylation is 1. The molecule has 0 aliphatic carbocycles. The maximum absolute atomic E-state index is 4.48. The van der Waals surface area contributed by atoms with E-state index in [4.69, 9.17) is 0 Å². The number of nitrogens with zero attached hydrogens (tertiary/aromatic N) is 1. The first kappa shape index (κ1) is 10.4. The Morgan fingerprint density at radius 2 is 2.27 bits per heavy atom. The highest BCUT2D eigenvalue weighted by Gasteiger charge is 2.15. The van der Waals surface area contributed by atoms with Gasteiger partial charge in [-0.05, 0) is 25.8 Å². The number of nitrogens with one attached hydrogen (secondary N) is 1. The van der Waals surface area contributed by atoms with Crippen molar-refractivity contribution in [1.29, 1.82) is 0 Å². The van der Waals surface area contributed by atoms with Gasteiger partial charge in [-0.3, -0.25) is 4.99 Å². The van der Waals surface area contributed by atoms with Gasteiger partial charge >= 0.3 is 0 Å². The lowest BCUT2D eigenvalue weighted by atomic mass is 10.0. The molecule has 1 atom stereocenters. The van der Waals surface area contributed by atoms with Crippen molar-refractivity contribution in [3.05, 3.63) is 35.4 Å². The molecular formula is C13H18N2. The van der Waals surface area contributed by atoms with Gasteiger partial charge in [0.1, 0.15) is 0 Å². The van der Waals surface area contributed by atoms with Gasteiger partial charge in [0.05, 0.1) is 6.54 Å². The van der Waals surface area contributed by atoms with Crippen LogP contribution in [0.3, 0.4) is 0 Å². The van der Waals surface area contributed by atoms with E-state index >= 15 is 0 Å². The van der Waals surface area contributed by atoms with E-state index in [1.807, 2.05) is 0 Å². The molecule has 1 aromatic carbocycles. The Morgan fingerprint density at radius 3 is 3.00 bits per heavy atom. The maximum atomic E-state index is 4.48. The van der Waals surface area contributed by atoms with Gasteiger partial charge in [0.25, 0.3) is 0 Å². The molecular weight excluding hydrogens is 184 g/mol. The summed E-state index contributed by atoms with van der Waals surface area (Å²) < 4.78 is 0. The molecule has 2 heteroatoms. The Balaban J connectivity index is 2.08. The van der Waals surface area contributed by atoms with Crippen LogP contribution in [0, 0.1) is 6.92 Å². The van der Waals surface area contributed by atoms with Gasteiger partial charge in [-0.15, -0.1) is 0 Å². The fourth-order valence-electron chi connectivity index (χ4n) is 2.02. The molecule has 80 valence electrons. The van der Waals surface area contributed by atoms with E-state index in [1.165, 1.54) is 16.8 Å². The molecule has 0 bridgehead atoms. The van der Waals surface area contributed by atoms with Crippen molar-refractivity contribution in [1.82, 2.24) is 5.32 Å². The maximum Gasteiger partial charge on any atom is 0.0514 e. The predicted molar refractivity (Wildman–Crippen MR) is 64.6 cm³/mol. The van der Waals surface area contributed by atoms with E-state index in [0.29, 0.717) is 6.04 Å². The molecule has 0 saturated carbocycles. The Bertz CT molecular complexity index is 369. The molecule has 1 aliphatic rings. The van der Waals surface area contributed by atoms with Crippen LogP contribution in [-0.4, -0.2) is 24.8 Å². The number of aliphatic imine (C=N–C) groups is 1. The summed E-state index contributed by atoms with van der Waals surface area (Å²) in [6.07, 6.45) is 1.05. The molecule has 0 spiro atoms. The Kier molecular flexibility index (Phi) is 3.17. The van der Waals surface area contributed by atoms with Crippen LogP contribution >= 0.6 is 0 Å². The molecule has 0 saturated heterocycles. The monoisotopic (exact) mass is 202 g/mol. The lowest BCUT2D eigenvalue weighted by Gasteiger charge is -2.22. The largest absolute Gasteiger partial charge is 0.307 e. The summed E-state index contributed by atoms with van der Waals surface area (Å²) in [6.45, 7) is 6.19. The summed E-state index contributed by atoms with van der Waals surface area (Å²) in [7, 11) is 0. The quantitative estimate of drug-likeness (QED) is 0.779. The molecule has 1 unspecified atom stereocenters. The molecule has 1 aliphatic heterocycles. The minimum atomic E-state index is 0.431. The molecule has 1 heterocycles. The molecule has 1 aromatic rings. The first-order chi connectivity index (χ1) is 7.25. The van der Waals surface area contributed by atoms with Crippen LogP contribution in [0.25, 0.3) is 0 Å². The zero-order chi connectivity index (χ0) is 10.7. The summed E-state index contributed by atoms with van der Waals surface area (Å²) >= 11 is 0. The molecule has 0 fully saturated rings. The Morgan fingerprint density at radius 1 is 1.40 bits per heavy atom. The highest BCUT2D eigenvalue weighted by atomic mass is 15.0. The van der Waals surface area contributed by atoms with Gasteiger partial charge in [-0.1, -0.05) is 29.8 Å². The van der Waals surface area contributed by atoms with Crippen molar-refractivity contribution in [3.63, 3.8) is 0 Å². The minimum Gasteiger partial charge on any atom is -0.307 e. The Hall–Kier alpha value is -1.15. The third-order valence-corrected chi connectivity index (χ3v) is 2.89. The first-order valence-electron chi connectivity index (χ1n) is 5.55. The van der Waals surface area contributed by atoms with Crippen LogP contribution in [-0.2, 0) is 6.42 Å². The van der Waals surface area contributed by atoms with Gasteiger partial charge in [0.2, 0.25) is 0 Å². The van der Waals surface area contributed by atoms with Crippen LogP contribution in [0.5, 0.6) is 0 Å². The smallest absolute Gasteiger partial charge is 0.0514 e. The topological polar surface area (TPSA) is 24.4 Å². The van der Waals surface area contributed by atoms with Crippen molar-refractivity contribution < 1.29 is 0 Å². The van der Waals surface area contributed by atoms with Crippen LogP contribution in [0.15, 0.2) is 29.3 Å². The fourth-order valence-corrected chi connectivity index (χ4v) is 2.02. The Labute approximate surface area is 91.4 Å².